The van der Waals surface area contributed by atoms with Crippen molar-refractivity contribution in [3.05, 3.63) is 34.9 Å². The number of rotatable bonds is 4. The summed E-state index contributed by atoms with van der Waals surface area (Å²) in [6.07, 6.45) is -3.07. The van der Waals surface area contributed by atoms with Gasteiger partial charge in [-0.15, -0.1) is 0 Å². The Labute approximate surface area is 113 Å². The topological polar surface area (TPSA) is 26.0 Å². The minimum absolute atomic E-state index is 0.0759. The highest BCUT2D eigenvalue weighted by Crippen LogP contribution is 2.32. The van der Waals surface area contributed by atoms with E-state index >= 15 is 0 Å². The van der Waals surface area contributed by atoms with Gasteiger partial charge in [0.1, 0.15) is 0 Å². The minimum Gasteiger partial charge on any atom is -0.326 e. The number of alkyl halides is 3. The largest absolute Gasteiger partial charge is 0.416 e. The third kappa shape index (κ3) is 5.23. The molecular formula is C15H22F3N. The normalized spacial score (nSPS) is 13.1. The van der Waals surface area contributed by atoms with Crippen LogP contribution < -0.4 is 5.73 Å². The maximum atomic E-state index is 12.9. The fourth-order valence-electron chi connectivity index (χ4n) is 1.83. The average Bonchev–Trinajstić information content (AvgIpc) is 2.23. The Balaban J connectivity index is 3.07. The standard InChI is InChI=1S/C15H22F3N/c1-10(2)12-7-11(5-6-14(3,4)19)8-13(9-12)15(16,17)18/h7-10H,5-6,19H2,1-4H3. The summed E-state index contributed by atoms with van der Waals surface area (Å²) in [6.45, 7) is 7.55. The highest BCUT2D eigenvalue weighted by molar-refractivity contribution is 5.33. The van der Waals surface area contributed by atoms with Crippen molar-refractivity contribution in [1.29, 1.82) is 0 Å². The fourth-order valence-corrected chi connectivity index (χ4v) is 1.83. The third-order valence-corrected chi connectivity index (χ3v) is 3.07. The first-order chi connectivity index (χ1) is 8.49. The van der Waals surface area contributed by atoms with Crippen molar-refractivity contribution in [1.82, 2.24) is 0 Å². The van der Waals surface area contributed by atoms with E-state index in [-0.39, 0.29) is 11.5 Å². The van der Waals surface area contributed by atoms with Gasteiger partial charge in [0.05, 0.1) is 5.56 Å². The van der Waals surface area contributed by atoms with Crippen LogP contribution in [0, 0.1) is 0 Å². The fraction of sp³-hybridized carbons (Fsp3) is 0.600. The number of halogens is 3. The number of benzene rings is 1. The molecule has 0 heterocycles. The Bertz CT molecular complexity index is 428. The van der Waals surface area contributed by atoms with Crippen LogP contribution in [-0.2, 0) is 12.6 Å². The zero-order valence-electron chi connectivity index (χ0n) is 11.9. The Hall–Kier alpha value is -1.03. The molecule has 19 heavy (non-hydrogen) atoms. The monoisotopic (exact) mass is 273 g/mol. The van der Waals surface area contributed by atoms with Crippen LogP contribution in [0.3, 0.4) is 0 Å². The van der Waals surface area contributed by atoms with Gasteiger partial charge in [0.15, 0.2) is 0 Å². The van der Waals surface area contributed by atoms with Crippen molar-refractivity contribution in [2.45, 2.75) is 58.2 Å². The number of aryl methyl sites for hydroxylation is 1. The van der Waals surface area contributed by atoms with Gasteiger partial charge < -0.3 is 5.73 Å². The van der Waals surface area contributed by atoms with Gasteiger partial charge in [-0.1, -0.05) is 19.9 Å². The van der Waals surface area contributed by atoms with E-state index < -0.39 is 11.7 Å². The van der Waals surface area contributed by atoms with Gasteiger partial charge in [-0.3, -0.25) is 0 Å². The molecule has 108 valence electrons. The lowest BCUT2D eigenvalue weighted by Crippen LogP contribution is -2.32. The average molecular weight is 273 g/mol. The molecule has 0 aliphatic heterocycles. The van der Waals surface area contributed by atoms with Crippen LogP contribution in [0.25, 0.3) is 0 Å². The summed E-state index contributed by atoms with van der Waals surface area (Å²) in [4.78, 5) is 0. The second-order valence-corrected chi connectivity index (χ2v) is 6.10. The van der Waals surface area contributed by atoms with Gasteiger partial charge in [-0.05, 0) is 55.9 Å². The van der Waals surface area contributed by atoms with Crippen molar-refractivity contribution in [2.75, 3.05) is 0 Å². The maximum absolute atomic E-state index is 12.9. The molecule has 0 bridgehead atoms. The number of hydrogen-bond donors (Lipinski definition) is 1. The van der Waals surface area contributed by atoms with E-state index in [9.17, 15) is 13.2 Å². The highest BCUT2D eigenvalue weighted by atomic mass is 19.4. The van der Waals surface area contributed by atoms with Gasteiger partial charge >= 0.3 is 6.18 Å². The van der Waals surface area contributed by atoms with Gasteiger partial charge in [-0.25, -0.2) is 0 Å². The molecular weight excluding hydrogens is 251 g/mol. The summed E-state index contributed by atoms with van der Waals surface area (Å²) >= 11 is 0. The predicted molar refractivity (Wildman–Crippen MR) is 72.1 cm³/mol. The molecule has 0 aliphatic rings. The lowest BCUT2D eigenvalue weighted by Gasteiger charge is -2.19. The van der Waals surface area contributed by atoms with Crippen LogP contribution in [0.4, 0.5) is 13.2 Å². The zero-order chi connectivity index (χ0) is 14.8. The van der Waals surface area contributed by atoms with Gasteiger partial charge in [0, 0.05) is 5.54 Å². The van der Waals surface area contributed by atoms with Crippen molar-refractivity contribution >= 4 is 0 Å². The molecule has 0 radical (unpaired) electrons. The molecule has 2 N–H and O–H groups in total. The molecule has 1 aromatic rings. The van der Waals surface area contributed by atoms with Gasteiger partial charge in [-0.2, -0.15) is 13.2 Å². The zero-order valence-corrected chi connectivity index (χ0v) is 11.9. The van der Waals surface area contributed by atoms with Crippen molar-refractivity contribution in [2.24, 2.45) is 5.73 Å². The van der Waals surface area contributed by atoms with Crippen molar-refractivity contribution in [3.8, 4) is 0 Å². The van der Waals surface area contributed by atoms with E-state index in [4.69, 9.17) is 5.73 Å². The molecule has 0 atom stereocenters. The number of nitrogens with two attached hydrogens (primary N) is 1. The summed E-state index contributed by atoms with van der Waals surface area (Å²) in [6, 6.07) is 4.32. The van der Waals surface area contributed by atoms with E-state index in [1.165, 1.54) is 12.1 Å². The van der Waals surface area contributed by atoms with Crippen LogP contribution in [0.2, 0.25) is 0 Å². The van der Waals surface area contributed by atoms with Crippen LogP contribution in [0.5, 0.6) is 0 Å². The molecule has 0 amide bonds. The molecule has 0 fully saturated rings. The lowest BCUT2D eigenvalue weighted by atomic mass is 9.92. The first-order valence-electron chi connectivity index (χ1n) is 6.49. The molecule has 0 aromatic heterocycles. The molecule has 0 saturated heterocycles. The summed E-state index contributed by atoms with van der Waals surface area (Å²) in [5.41, 5.74) is 6.38. The van der Waals surface area contributed by atoms with E-state index in [2.05, 4.69) is 0 Å². The Morgan fingerprint density at radius 2 is 1.68 bits per heavy atom. The molecule has 1 rings (SSSR count). The Morgan fingerprint density at radius 3 is 2.11 bits per heavy atom. The van der Waals surface area contributed by atoms with Gasteiger partial charge in [0.2, 0.25) is 0 Å². The minimum atomic E-state index is -4.29. The Morgan fingerprint density at radius 1 is 1.11 bits per heavy atom. The van der Waals surface area contributed by atoms with Crippen LogP contribution in [0.1, 0.15) is 56.7 Å². The highest BCUT2D eigenvalue weighted by Gasteiger charge is 2.31. The SMILES string of the molecule is CC(C)c1cc(CCC(C)(C)N)cc(C(F)(F)F)c1. The van der Waals surface area contributed by atoms with Crippen molar-refractivity contribution < 1.29 is 13.2 Å². The van der Waals surface area contributed by atoms with Gasteiger partial charge in [0.25, 0.3) is 0 Å². The van der Waals surface area contributed by atoms with Crippen LogP contribution in [0.15, 0.2) is 18.2 Å². The molecule has 1 nitrogen and oxygen atoms in total. The smallest absolute Gasteiger partial charge is 0.326 e. The van der Waals surface area contributed by atoms with E-state index in [1.807, 2.05) is 33.8 Å². The molecule has 0 unspecified atom stereocenters. The number of hydrogen-bond acceptors (Lipinski definition) is 1. The molecule has 1 aromatic carbocycles. The summed E-state index contributed by atoms with van der Waals surface area (Å²) in [7, 11) is 0. The summed E-state index contributed by atoms with van der Waals surface area (Å²) in [5, 5.41) is 0. The first-order valence-corrected chi connectivity index (χ1v) is 6.49. The van der Waals surface area contributed by atoms with Crippen molar-refractivity contribution in [3.63, 3.8) is 0 Å². The Kier molecular flexibility index (Phi) is 4.67. The summed E-state index contributed by atoms with van der Waals surface area (Å²) < 4.78 is 38.6. The van der Waals surface area contributed by atoms with Crippen LogP contribution >= 0.6 is 0 Å². The lowest BCUT2D eigenvalue weighted by molar-refractivity contribution is -0.137. The van der Waals surface area contributed by atoms with Crippen LogP contribution in [-0.4, -0.2) is 5.54 Å². The van der Waals surface area contributed by atoms with E-state index in [0.29, 0.717) is 18.4 Å². The summed E-state index contributed by atoms with van der Waals surface area (Å²) in [5.74, 6) is 0.0759. The van der Waals surface area contributed by atoms with E-state index in [0.717, 1.165) is 5.56 Å². The predicted octanol–water partition coefficient (Wildman–Crippen LogP) is 4.50. The third-order valence-electron chi connectivity index (χ3n) is 3.07. The molecule has 4 heteroatoms. The maximum Gasteiger partial charge on any atom is 0.416 e. The first kappa shape index (κ1) is 16.0. The molecule has 0 spiro atoms. The molecule has 0 saturated carbocycles. The second-order valence-electron chi connectivity index (χ2n) is 6.10. The quantitative estimate of drug-likeness (QED) is 0.858. The second kappa shape index (κ2) is 5.53. The van der Waals surface area contributed by atoms with E-state index in [1.54, 1.807) is 0 Å². The molecule has 0 aliphatic carbocycles.